The molecule has 2 fully saturated rings. The van der Waals surface area contributed by atoms with E-state index in [9.17, 15) is 39.9 Å². The Morgan fingerprint density at radius 2 is 1.53 bits per heavy atom. The van der Waals surface area contributed by atoms with Gasteiger partial charge in [0.2, 0.25) is 11.8 Å². The molecule has 0 aromatic heterocycles. The second-order valence-corrected chi connectivity index (χ2v) is 12.4. The minimum absolute atomic E-state index is 0. The summed E-state index contributed by atoms with van der Waals surface area (Å²) < 4.78 is 22.6. The van der Waals surface area contributed by atoms with E-state index in [0.717, 1.165) is 32.1 Å². The number of carbonyl (C=O) groups excluding carboxylic acids is 3. The second-order valence-electron chi connectivity index (χ2n) is 12.4. The maximum Gasteiger partial charge on any atom is 1.00 e. The number of carboxylic acid groups (broad SMARTS) is 1. The molecule has 14 nitrogen and oxygen atoms in total. The molecule has 4 unspecified atom stereocenters. The molecule has 0 saturated carbocycles. The van der Waals surface area contributed by atoms with Crippen LogP contribution in [0.2, 0.25) is 0 Å². The number of aliphatic hydroxyl groups excluding tert-OH is 4. The van der Waals surface area contributed by atoms with E-state index in [-0.39, 0.29) is 73.1 Å². The third kappa shape index (κ3) is 10.9. The third-order valence-electron chi connectivity index (χ3n) is 8.40. The molecule has 252 valence electrons. The Morgan fingerprint density at radius 3 is 2.18 bits per heavy atom. The van der Waals surface area contributed by atoms with Crippen LogP contribution in [0.15, 0.2) is 12.2 Å². The first kappa shape index (κ1) is 40.0. The minimum Gasteiger partial charge on any atom is -0.547 e. The molecule has 11 atom stereocenters. The van der Waals surface area contributed by atoms with Gasteiger partial charge in [-0.1, -0.05) is 39.8 Å². The maximum absolute atomic E-state index is 13.2. The quantitative estimate of drug-likeness (QED) is 0.0665. The van der Waals surface area contributed by atoms with Gasteiger partial charge in [0.15, 0.2) is 6.29 Å². The number of carboxylic acids is 1. The predicted octanol–water partition coefficient (Wildman–Crippen LogP) is -4.87. The van der Waals surface area contributed by atoms with Crippen LogP contribution in [0.4, 0.5) is 0 Å². The van der Waals surface area contributed by atoms with E-state index in [2.05, 4.69) is 22.8 Å². The van der Waals surface area contributed by atoms with Crippen LogP contribution in [-0.4, -0.2) is 119 Å². The third-order valence-corrected chi connectivity index (χ3v) is 8.40. The Bertz CT molecular complexity index is 985. The number of rotatable bonds is 12. The van der Waals surface area contributed by atoms with Gasteiger partial charge in [-0.05, 0) is 43.9 Å². The van der Waals surface area contributed by atoms with Gasteiger partial charge in [0.1, 0.15) is 43.2 Å². The number of amides is 2. The van der Waals surface area contributed by atoms with Crippen molar-refractivity contribution in [3.8, 4) is 0 Å². The second kappa shape index (κ2) is 19.0. The van der Waals surface area contributed by atoms with Crippen LogP contribution in [-0.2, 0) is 33.3 Å². The van der Waals surface area contributed by atoms with Crippen LogP contribution < -0.4 is 45.3 Å². The number of carbonyl (C=O) groups is 3. The van der Waals surface area contributed by atoms with Crippen LogP contribution in [0.3, 0.4) is 0 Å². The zero-order chi connectivity index (χ0) is 32.6. The van der Waals surface area contributed by atoms with Crippen LogP contribution in [0, 0.1) is 17.8 Å². The first-order valence-corrected chi connectivity index (χ1v) is 15.5. The number of ether oxygens (including phenoxy) is 4. The molecule has 45 heavy (non-hydrogen) atoms. The number of allylic oxidation sites excluding steroid dienone is 2. The van der Waals surface area contributed by atoms with E-state index in [1.807, 2.05) is 0 Å². The summed E-state index contributed by atoms with van der Waals surface area (Å²) in [7, 11) is 0. The Morgan fingerprint density at radius 1 is 0.867 bits per heavy atom. The summed E-state index contributed by atoms with van der Waals surface area (Å²) in [6.45, 7) is 6.83. The molecule has 1 aliphatic carbocycles. The average molecular weight is 653 g/mol. The van der Waals surface area contributed by atoms with Gasteiger partial charge < -0.3 is 59.9 Å². The fourth-order valence-corrected chi connectivity index (χ4v) is 5.94. The molecule has 6 N–H and O–H groups in total. The monoisotopic (exact) mass is 652 g/mol. The fraction of sp³-hybridized carbons (Fsp3) is 0.833. The largest absolute Gasteiger partial charge is 1.00 e. The zero-order valence-electron chi connectivity index (χ0n) is 26.9. The standard InChI is InChI=1S/C30H50N2O12.Na/c1-15(2)19-20(34)23(37)30(44-26-22(36)21(35)24(16(3)4)42-27(26)29(39)40)43-25(19)28(38)32-13-12-31-18(33)14-41-17-10-8-6-5-7-9-11-17;/h5-6,15-17,19-27,30,34-37H,7-14H2,1-4H3,(H,31,33)(H,32,38)(H,39,40);/q;+1/p-1/b6-5+;/t17-,19-,20?,21-,22?,23-,24-,25?,26-,27?,30-;/m0./s1. The summed E-state index contributed by atoms with van der Waals surface area (Å²) in [6.07, 6.45) is -5.33. The van der Waals surface area contributed by atoms with Crippen molar-refractivity contribution in [1.29, 1.82) is 0 Å². The van der Waals surface area contributed by atoms with E-state index in [1.54, 1.807) is 27.7 Å². The Balaban J connectivity index is 0.00000705. The van der Waals surface area contributed by atoms with Crippen LogP contribution in [0.1, 0.15) is 59.8 Å². The molecule has 2 heterocycles. The number of hydrogen-bond acceptors (Lipinski definition) is 12. The minimum atomic E-state index is -1.83. The SMILES string of the molecule is CC(C)[C@@H]1C(C(=O)NCCNC(=O)CO[C@H]2CC/C=C/CCC2)O[C@@H](O[C@@H]2C(C(=O)[O-])O[C@@H](C(C)C)[C@@H](O)C2O)[C@@H](O)C1O.[Na+]. The van der Waals surface area contributed by atoms with Crippen molar-refractivity contribution < 1.29 is 88.4 Å². The Hall–Kier alpha value is -1.17. The van der Waals surface area contributed by atoms with Gasteiger partial charge in [-0.25, -0.2) is 0 Å². The molecule has 2 saturated heterocycles. The van der Waals surface area contributed by atoms with Gasteiger partial charge in [0, 0.05) is 19.0 Å². The van der Waals surface area contributed by atoms with Gasteiger partial charge in [0.25, 0.3) is 0 Å². The summed E-state index contributed by atoms with van der Waals surface area (Å²) in [5, 5.41) is 60.2. The van der Waals surface area contributed by atoms with E-state index in [0.29, 0.717) is 0 Å². The van der Waals surface area contributed by atoms with Gasteiger partial charge in [-0.3, -0.25) is 9.59 Å². The van der Waals surface area contributed by atoms with Crippen LogP contribution in [0.25, 0.3) is 0 Å². The summed E-state index contributed by atoms with van der Waals surface area (Å²) in [6, 6.07) is 0. The van der Waals surface area contributed by atoms with Crippen molar-refractivity contribution >= 4 is 17.8 Å². The number of aliphatic carboxylic acids is 1. The molecule has 0 bridgehead atoms. The average Bonchev–Trinajstić information content (AvgIpc) is 2.94. The Labute approximate surface area is 286 Å². The van der Waals surface area contributed by atoms with Gasteiger partial charge in [-0.15, -0.1) is 0 Å². The molecular formula is C30H49N2NaO12. The summed E-state index contributed by atoms with van der Waals surface area (Å²) >= 11 is 0. The van der Waals surface area contributed by atoms with Crippen molar-refractivity contribution in [1.82, 2.24) is 10.6 Å². The number of hydrogen-bond donors (Lipinski definition) is 6. The fourth-order valence-electron chi connectivity index (χ4n) is 5.94. The first-order valence-electron chi connectivity index (χ1n) is 15.5. The molecule has 0 spiro atoms. The maximum atomic E-state index is 13.2. The van der Waals surface area contributed by atoms with E-state index in [1.165, 1.54) is 0 Å². The molecule has 15 heteroatoms. The molecule has 3 rings (SSSR count). The first-order chi connectivity index (χ1) is 20.8. The van der Waals surface area contributed by atoms with Gasteiger partial charge in [0.05, 0.1) is 24.3 Å². The van der Waals surface area contributed by atoms with E-state index < -0.39 is 72.9 Å². The molecule has 2 amide bonds. The topological polar surface area (TPSA) is 216 Å². The normalized spacial score (nSPS) is 36.4. The summed E-state index contributed by atoms with van der Waals surface area (Å²) in [4.78, 5) is 37.3. The number of aliphatic hydroxyl groups is 4. The summed E-state index contributed by atoms with van der Waals surface area (Å²) in [5.41, 5.74) is 0. The van der Waals surface area contributed by atoms with Crippen LogP contribution in [0.5, 0.6) is 0 Å². The molecule has 0 aromatic rings. The predicted molar refractivity (Wildman–Crippen MR) is 152 cm³/mol. The van der Waals surface area contributed by atoms with E-state index in [4.69, 9.17) is 18.9 Å². The van der Waals surface area contributed by atoms with Gasteiger partial charge in [-0.2, -0.15) is 0 Å². The van der Waals surface area contributed by atoms with Gasteiger partial charge >= 0.3 is 29.6 Å². The molecule has 2 aliphatic heterocycles. The smallest absolute Gasteiger partial charge is 0.547 e. The van der Waals surface area contributed by atoms with Crippen molar-refractivity contribution in [3.63, 3.8) is 0 Å². The van der Waals surface area contributed by atoms with E-state index >= 15 is 0 Å². The molecule has 0 radical (unpaired) electrons. The molecule has 3 aliphatic rings. The van der Waals surface area contributed by atoms with Crippen molar-refractivity contribution in [2.45, 2.75) is 121 Å². The Kier molecular flexibility index (Phi) is 16.9. The number of nitrogens with one attached hydrogen (secondary N) is 2. The summed E-state index contributed by atoms with van der Waals surface area (Å²) in [5.74, 6) is -4.29. The van der Waals surface area contributed by atoms with Crippen molar-refractivity contribution in [3.05, 3.63) is 12.2 Å². The van der Waals surface area contributed by atoms with Crippen molar-refractivity contribution in [2.75, 3.05) is 19.7 Å². The molecule has 0 aromatic carbocycles. The van der Waals surface area contributed by atoms with Crippen molar-refractivity contribution in [2.24, 2.45) is 17.8 Å². The van der Waals surface area contributed by atoms with Crippen LogP contribution >= 0.6 is 0 Å². The zero-order valence-corrected chi connectivity index (χ0v) is 28.9. The molecular weight excluding hydrogens is 603 g/mol.